The van der Waals surface area contributed by atoms with Crippen molar-refractivity contribution >= 4 is 51.0 Å². The number of nitrogens with one attached hydrogen (secondary N) is 1. The van der Waals surface area contributed by atoms with E-state index in [0.29, 0.717) is 32.8 Å². The molecule has 0 spiro atoms. The second-order valence-electron chi connectivity index (χ2n) is 6.22. The lowest BCUT2D eigenvalue weighted by molar-refractivity contribution is -0.119. The molecule has 0 aliphatic carbocycles. The van der Waals surface area contributed by atoms with Crippen LogP contribution in [0.2, 0.25) is 10.0 Å². The Hall–Kier alpha value is -2.81. The quantitative estimate of drug-likeness (QED) is 0.418. The topological polar surface area (TPSA) is 92.0 Å². The summed E-state index contributed by atoms with van der Waals surface area (Å²) in [6.45, 7) is -0.413. The Bertz CT molecular complexity index is 1180. The summed E-state index contributed by atoms with van der Waals surface area (Å²) < 4.78 is 30.7. The van der Waals surface area contributed by atoms with Gasteiger partial charge in [-0.25, -0.2) is 13.8 Å². The molecule has 1 N–H and O–H groups in total. The molecule has 0 bridgehead atoms. The summed E-state index contributed by atoms with van der Waals surface area (Å²) in [5, 5.41) is 4.77. The Morgan fingerprint density at radius 2 is 1.87 bits per heavy atom. The normalized spacial score (nSPS) is 11.6. The van der Waals surface area contributed by atoms with Gasteiger partial charge >= 0.3 is 0 Å². The average molecular weight is 466 g/mol. The Kier molecular flexibility index (Phi) is 6.81. The lowest BCUT2D eigenvalue weighted by Crippen LogP contribution is -2.38. The highest BCUT2D eigenvalue weighted by Gasteiger charge is 2.20. The maximum Gasteiger partial charge on any atom is 0.260 e. The second-order valence-corrected chi connectivity index (χ2v) is 8.97. The van der Waals surface area contributed by atoms with Gasteiger partial charge in [0.05, 0.1) is 23.2 Å². The van der Waals surface area contributed by atoms with Crippen molar-refractivity contribution in [2.45, 2.75) is 0 Å². The molecule has 0 unspecified atom stereocenters. The molecule has 0 aliphatic rings. The molecule has 30 heavy (non-hydrogen) atoms. The van der Waals surface area contributed by atoms with Gasteiger partial charge in [0.15, 0.2) is 0 Å². The number of rotatable bonds is 7. The number of para-hydroxylation sites is 1. The zero-order chi connectivity index (χ0) is 21.7. The fraction of sp³-hybridized carbons (Fsp3) is 0.100. The van der Waals surface area contributed by atoms with Crippen LogP contribution in [0.15, 0.2) is 70.2 Å². The number of carbonyl (C=O) groups is 1. The van der Waals surface area contributed by atoms with Crippen LogP contribution in [-0.4, -0.2) is 33.3 Å². The van der Waals surface area contributed by atoms with Crippen molar-refractivity contribution < 1.29 is 17.6 Å². The monoisotopic (exact) mass is 465 g/mol. The minimum atomic E-state index is -3.64. The third kappa shape index (κ3) is 5.63. The summed E-state index contributed by atoms with van der Waals surface area (Å²) in [5.41, 5.74) is 3.34. The summed E-state index contributed by atoms with van der Waals surface area (Å²) >= 11 is 12.1. The molecule has 1 heterocycles. The zero-order valence-electron chi connectivity index (χ0n) is 15.7. The highest BCUT2D eigenvalue weighted by Crippen LogP contribution is 2.31. The van der Waals surface area contributed by atoms with Crippen LogP contribution in [0.1, 0.15) is 5.76 Å². The lowest BCUT2D eigenvalue weighted by Gasteiger charge is -2.21. The number of sulfonamides is 1. The van der Waals surface area contributed by atoms with Gasteiger partial charge in [0, 0.05) is 10.6 Å². The zero-order valence-corrected chi connectivity index (χ0v) is 18.1. The summed E-state index contributed by atoms with van der Waals surface area (Å²) in [7, 11) is -3.64. The predicted octanol–water partition coefficient (Wildman–Crippen LogP) is 4.17. The van der Waals surface area contributed by atoms with E-state index in [-0.39, 0.29) is 0 Å². The Morgan fingerprint density at radius 1 is 1.13 bits per heavy atom. The van der Waals surface area contributed by atoms with Crippen LogP contribution in [0.4, 0.5) is 5.69 Å². The van der Waals surface area contributed by atoms with Crippen LogP contribution < -0.4 is 9.73 Å². The number of amides is 1. The highest BCUT2D eigenvalue weighted by molar-refractivity contribution is 7.92. The molecule has 3 aromatic rings. The Balaban J connectivity index is 1.65. The third-order valence-electron chi connectivity index (χ3n) is 3.94. The molecule has 0 aliphatic heterocycles. The van der Waals surface area contributed by atoms with Crippen LogP contribution in [0.3, 0.4) is 0 Å². The molecule has 0 saturated heterocycles. The average Bonchev–Trinajstić information content (AvgIpc) is 3.14. The number of furan rings is 1. The summed E-state index contributed by atoms with van der Waals surface area (Å²) in [6, 6.07) is 16.7. The largest absolute Gasteiger partial charge is 0.455 e. The fourth-order valence-corrected chi connectivity index (χ4v) is 3.94. The van der Waals surface area contributed by atoms with Gasteiger partial charge in [-0.15, -0.1) is 0 Å². The van der Waals surface area contributed by atoms with Crippen LogP contribution in [0.25, 0.3) is 11.3 Å². The van der Waals surface area contributed by atoms with E-state index in [0.717, 1.165) is 10.6 Å². The van der Waals surface area contributed by atoms with E-state index >= 15 is 0 Å². The summed E-state index contributed by atoms with van der Waals surface area (Å²) in [6.07, 6.45) is 2.33. The van der Waals surface area contributed by atoms with Crippen molar-refractivity contribution in [2.75, 3.05) is 17.1 Å². The third-order valence-corrected chi connectivity index (χ3v) is 5.62. The molecule has 1 amide bonds. The van der Waals surface area contributed by atoms with Crippen molar-refractivity contribution in [1.82, 2.24) is 5.43 Å². The molecule has 10 heteroatoms. The molecule has 7 nitrogen and oxygen atoms in total. The van der Waals surface area contributed by atoms with Gasteiger partial charge < -0.3 is 4.42 Å². The standard InChI is InChI=1S/C20H17Cl2N3O4S/c1-30(27,28)25(15-5-3-2-4-6-15)13-20(26)24-23-12-16-8-10-19(29-16)17-9-7-14(21)11-18(17)22/h2-12H,13H2,1H3,(H,24,26)/b23-12-. The molecule has 1 aromatic heterocycles. The van der Waals surface area contributed by atoms with Crippen LogP contribution >= 0.6 is 23.2 Å². The first-order valence-corrected chi connectivity index (χ1v) is 11.2. The van der Waals surface area contributed by atoms with Crippen LogP contribution in [0, 0.1) is 0 Å². The maximum atomic E-state index is 12.2. The number of benzene rings is 2. The second kappa shape index (κ2) is 9.34. The van der Waals surface area contributed by atoms with Gasteiger partial charge in [0.2, 0.25) is 10.0 Å². The number of nitrogens with zero attached hydrogens (tertiary/aromatic N) is 2. The number of carbonyl (C=O) groups excluding carboxylic acids is 1. The summed E-state index contributed by atoms with van der Waals surface area (Å²) in [5.74, 6) is 0.282. The van der Waals surface area contributed by atoms with E-state index < -0.39 is 22.5 Å². The minimum absolute atomic E-state index is 0.374. The number of hydrogen-bond donors (Lipinski definition) is 1. The predicted molar refractivity (Wildman–Crippen MR) is 119 cm³/mol. The van der Waals surface area contributed by atoms with Crippen molar-refractivity contribution in [3.05, 3.63) is 76.5 Å². The Morgan fingerprint density at radius 3 is 2.53 bits per heavy atom. The number of anilines is 1. The first-order valence-electron chi connectivity index (χ1n) is 8.64. The van der Waals surface area contributed by atoms with Crippen molar-refractivity contribution in [3.8, 4) is 11.3 Å². The molecule has 2 aromatic carbocycles. The molecule has 156 valence electrons. The van der Waals surface area contributed by atoms with Crippen molar-refractivity contribution in [1.29, 1.82) is 0 Å². The van der Waals surface area contributed by atoms with E-state index in [4.69, 9.17) is 27.6 Å². The van der Waals surface area contributed by atoms with Gasteiger partial charge in [-0.3, -0.25) is 9.10 Å². The molecular weight excluding hydrogens is 449 g/mol. The number of hydrazone groups is 1. The van der Waals surface area contributed by atoms with Gasteiger partial charge in [0.25, 0.3) is 5.91 Å². The van der Waals surface area contributed by atoms with E-state index in [1.807, 2.05) is 0 Å². The van der Waals surface area contributed by atoms with Crippen LogP contribution in [0.5, 0.6) is 0 Å². The molecule has 0 fully saturated rings. The van der Waals surface area contributed by atoms with E-state index in [9.17, 15) is 13.2 Å². The van der Waals surface area contributed by atoms with Crippen molar-refractivity contribution in [3.63, 3.8) is 0 Å². The van der Waals surface area contributed by atoms with Crippen molar-refractivity contribution in [2.24, 2.45) is 5.10 Å². The van der Waals surface area contributed by atoms with Crippen LogP contribution in [-0.2, 0) is 14.8 Å². The van der Waals surface area contributed by atoms with Gasteiger partial charge in [-0.2, -0.15) is 5.10 Å². The minimum Gasteiger partial charge on any atom is -0.455 e. The first-order chi connectivity index (χ1) is 14.2. The first kappa shape index (κ1) is 21.9. The van der Waals surface area contributed by atoms with Gasteiger partial charge in [-0.05, 0) is 42.5 Å². The highest BCUT2D eigenvalue weighted by atomic mass is 35.5. The summed E-state index contributed by atoms with van der Waals surface area (Å²) in [4.78, 5) is 12.2. The SMILES string of the molecule is CS(=O)(=O)N(CC(=O)N/N=C\c1ccc(-c2ccc(Cl)cc2Cl)o1)c1ccccc1. The van der Waals surface area contributed by atoms with Gasteiger partial charge in [0.1, 0.15) is 18.1 Å². The lowest BCUT2D eigenvalue weighted by atomic mass is 10.2. The molecular formula is C20H17Cl2N3O4S. The fourth-order valence-electron chi connectivity index (χ4n) is 2.58. The molecule has 3 rings (SSSR count). The smallest absolute Gasteiger partial charge is 0.260 e. The Labute approximate surface area is 184 Å². The number of hydrogen-bond acceptors (Lipinski definition) is 5. The molecule has 0 radical (unpaired) electrons. The van der Waals surface area contributed by atoms with E-state index in [1.54, 1.807) is 60.7 Å². The van der Waals surface area contributed by atoms with E-state index in [1.165, 1.54) is 6.21 Å². The van der Waals surface area contributed by atoms with E-state index in [2.05, 4.69) is 10.5 Å². The van der Waals surface area contributed by atoms with Gasteiger partial charge in [-0.1, -0.05) is 41.4 Å². The molecule has 0 saturated carbocycles. The molecule has 0 atom stereocenters. The maximum absolute atomic E-state index is 12.2. The number of halogens is 2.